The largest absolute Gasteiger partial charge is 0.398 e. The molecule has 2 aliphatic heterocycles. The van der Waals surface area contributed by atoms with E-state index in [-0.39, 0.29) is 24.8 Å². The number of piperidine rings is 1. The Bertz CT molecular complexity index is 971. The second kappa shape index (κ2) is 7.35. The van der Waals surface area contributed by atoms with Crippen LogP contribution in [0.2, 0.25) is 0 Å². The van der Waals surface area contributed by atoms with Gasteiger partial charge in [-0.3, -0.25) is 4.79 Å². The van der Waals surface area contributed by atoms with Crippen LogP contribution >= 0.6 is 0 Å². The molecule has 0 aliphatic carbocycles. The molecule has 2 aromatic carbocycles. The first-order valence-corrected chi connectivity index (χ1v) is 9.53. The maximum Gasteiger partial charge on any atom is 0.317 e. The van der Waals surface area contributed by atoms with E-state index in [1.165, 1.54) is 24.3 Å². The van der Waals surface area contributed by atoms with E-state index in [1.54, 1.807) is 17.0 Å². The highest BCUT2D eigenvalue weighted by atomic mass is 19.1. The molecule has 6 nitrogen and oxygen atoms in total. The number of halogens is 2. The van der Waals surface area contributed by atoms with E-state index in [9.17, 15) is 18.4 Å². The Balaban J connectivity index is 1.36. The van der Waals surface area contributed by atoms with Crippen molar-refractivity contribution in [2.75, 3.05) is 24.1 Å². The van der Waals surface area contributed by atoms with Crippen LogP contribution in [0.3, 0.4) is 0 Å². The van der Waals surface area contributed by atoms with Crippen molar-refractivity contribution in [2.24, 2.45) is 0 Å². The molecule has 2 amide bonds. The summed E-state index contributed by atoms with van der Waals surface area (Å²) in [5, 5.41) is 6.21. The Morgan fingerprint density at radius 3 is 2.55 bits per heavy atom. The summed E-state index contributed by atoms with van der Waals surface area (Å²) >= 11 is 0. The molecule has 4 rings (SSSR count). The molecule has 29 heavy (non-hydrogen) atoms. The van der Waals surface area contributed by atoms with E-state index in [0.717, 1.165) is 0 Å². The monoisotopic (exact) mass is 400 g/mol. The predicted octanol–water partition coefficient (Wildman–Crippen LogP) is 3.29. The number of nitrogen functional groups attached to an aromatic ring is 1. The summed E-state index contributed by atoms with van der Waals surface area (Å²) in [5.74, 6) is -0.927. The zero-order chi connectivity index (χ0) is 20.6. The molecule has 1 saturated heterocycles. The van der Waals surface area contributed by atoms with Gasteiger partial charge in [0, 0.05) is 48.5 Å². The number of fused-ring (bicyclic) bond motifs is 1. The van der Waals surface area contributed by atoms with Gasteiger partial charge in [-0.1, -0.05) is 6.07 Å². The summed E-state index contributed by atoms with van der Waals surface area (Å²) in [7, 11) is 0. The lowest BCUT2D eigenvalue weighted by molar-refractivity contribution is 0.0915. The molecule has 2 aliphatic rings. The first-order valence-electron chi connectivity index (χ1n) is 9.53. The quantitative estimate of drug-likeness (QED) is 0.675. The summed E-state index contributed by atoms with van der Waals surface area (Å²) in [5.41, 5.74) is 7.33. The number of rotatable bonds is 2. The minimum Gasteiger partial charge on any atom is -0.398 e. The van der Waals surface area contributed by atoms with Gasteiger partial charge in [0.2, 0.25) is 0 Å². The number of urea groups is 1. The third kappa shape index (κ3) is 3.87. The maximum absolute atomic E-state index is 13.4. The number of amides is 2. The van der Waals surface area contributed by atoms with Crippen LogP contribution in [0.25, 0.3) is 0 Å². The van der Waals surface area contributed by atoms with Crippen LogP contribution in [-0.4, -0.2) is 35.3 Å². The fourth-order valence-electron chi connectivity index (χ4n) is 4.04. The Morgan fingerprint density at radius 1 is 1.14 bits per heavy atom. The van der Waals surface area contributed by atoms with Crippen LogP contribution in [-0.2, 0) is 6.54 Å². The van der Waals surface area contributed by atoms with Crippen molar-refractivity contribution in [3.05, 3.63) is 59.2 Å². The van der Waals surface area contributed by atoms with E-state index >= 15 is 0 Å². The highest BCUT2D eigenvalue weighted by Crippen LogP contribution is 2.37. The number of ketones is 1. The van der Waals surface area contributed by atoms with Crippen molar-refractivity contribution in [3.8, 4) is 0 Å². The first kappa shape index (κ1) is 19.2. The second-order valence-corrected chi connectivity index (χ2v) is 7.68. The Hall–Kier alpha value is -3.16. The maximum atomic E-state index is 13.4. The van der Waals surface area contributed by atoms with E-state index in [4.69, 9.17) is 5.73 Å². The summed E-state index contributed by atoms with van der Waals surface area (Å²) in [4.78, 5) is 26.7. The van der Waals surface area contributed by atoms with Crippen LogP contribution in [0.15, 0.2) is 36.4 Å². The topological polar surface area (TPSA) is 87.5 Å². The highest BCUT2D eigenvalue weighted by Gasteiger charge is 2.41. The number of carbonyl (C=O) groups excluding carboxylic acids is 2. The number of anilines is 2. The lowest BCUT2D eigenvalue weighted by atomic mass is 9.78. The Kier molecular flexibility index (Phi) is 4.86. The van der Waals surface area contributed by atoms with Gasteiger partial charge in [0.15, 0.2) is 5.78 Å². The summed E-state index contributed by atoms with van der Waals surface area (Å²) in [6.45, 7) is 1.19. The number of benzene rings is 2. The molecular weight excluding hydrogens is 378 g/mol. The summed E-state index contributed by atoms with van der Waals surface area (Å²) in [6, 6.07) is 8.04. The smallest absolute Gasteiger partial charge is 0.317 e. The molecule has 0 unspecified atom stereocenters. The second-order valence-electron chi connectivity index (χ2n) is 7.68. The molecule has 2 heterocycles. The molecule has 0 bridgehead atoms. The molecular formula is C21H22F2N4O2. The number of nitrogens with zero attached hydrogens (tertiary/aromatic N) is 1. The van der Waals surface area contributed by atoms with Crippen molar-refractivity contribution in [1.82, 2.24) is 10.2 Å². The molecule has 0 radical (unpaired) electrons. The molecule has 1 fully saturated rings. The average Bonchev–Trinajstić information content (AvgIpc) is 2.68. The number of Topliss-reactive ketones (excluding diaryl/α,β-unsaturated/α-hetero) is 1. The van der Waals surface area contributed by atoms with Gasteiger partial charge in [-0.25, -0.2) is 13.6 Å². The Labute approximate surface area is 167 Å². The van der Waals surface area contributed by atoms with Crippen LogP contribution in [0.1, 0.15) is 35.2 Å². The zero-order valence-electron chi connectivity index (χ0n) is 15.8. The molecule has 8 heteroatoms. The molecule has 4 N–H and O–H groups in total. The first-order chi connectivity index (χ1) is 13.8. The normalized spacial score (nSPS) is 17.6. The standard InChI is InChI=1S/C21H22F2N4O2/c22-14-3-4-18-16(9-14)19(28)11-21(26-18)5-7-27(8-6-21)20(29)25-12-13-1-2-15(23)10-17(13)24/h1-4,9-10,26H,5-8,11-12,24H2,(H,25,29). The van der Waals surface area contributed by atoms with Gasteiger partial charge in [-0.2, -0.15) is 0 Å². The van der Waals surface area contributed by atoms with Gasteiger partial charge in [0.05, 0.1) is 0 Å². The van der Waals surface area contributed by atoms with E-state index < -0.39 is 17.2 Å². The van der Waals surface area contributed by atoms with E-state index in [0.29, 0.717) is 48.4 Å². The number of nitrogens with two attached hydrogens (primary N) is 1. The van der Waals surface area contributed by atoms with Crippen LogP contribution in [0.4, 0.5) is 25.0 Å². The minimum atomic E-state index is -0.428. The van der Waals surface area contributed by atoms with Gasteiger partial charge in [0.1, 0.15) is 11.6 Å². The average molecular weight is 400 g/mol. The SMILES string of the molecule is Nc1cc(F)ccc1CNC(=O)N1CCC2(CC1)CC(=O)c1cc(F)ccc1N2. The third-order valence-corrected chi connectivity index (χ3v) is 5.73. The van der Waals surface area contributed by atoms with E-state index in [2.05, 4.69) is 10.6 Å². The molecule has 0 atom stereocenters. The number of hydrogen-bond acceptors (Lipinski definition) is 4. The van der Waals surface area contributed by atoms with Gasteiger partial charge in [0.25, 0.3) is 0 Å². The Morgan fingerprint density at radius 2 is 1.83 bits per heavy atom. The van der Waals surface area contributed by atoms with Crippen LogP contribution in [0, 0.1) is 11.6 Å². The molecule has 1 spiro atoms. The van der Waals surface area contributed by atoms with Gasteiger partial charge >= 0.3 is 6.03 Å². The van der Waals surface area contributed by atoms with Crippen LogP contribution < -0.4 is 16.4 Å². The summed E-state index contributed by atoms with van der Waals surface area (Å²) in [6.07, 6.45) is 1.51. The molecule has 0 saturated carbocycles. The van der Waals surface area contributed by atoms with Crippen molar-refractivity contribution in [1.29, 1.82) is 0 Å². The third-order valence-electron chi connectivity index (χ3n) is 5.73. The predicted molar refractivity (Wildman–Crippen MR) is 106 cm³/mol. The fourth-order valence-corrected chi connectivity index (χ4v) is 4.04. The van der Waals surface area contributed by atoms with Crippen molar-refractivity contribution >= 4 is 23.2 Å². The van der Waals surface area contributed by atoms with Crippen LogP contribution in [0.5, 0.6) is 0 Å². The van der Waals surface area contributed by atoms with Crippen molar-refractivity contribution < 1.29 is 18.4 Å². The lowest BCUT2D eigenvalue weighted by Gasteiger charge is -2.45. The van der Waals surface area contributed by atoms with Crippen molar-refractivity contribution in [2.45, 2.75) is 31.3 Å². The fraction of sp³-hybridized carbons (Fsp3) is 0.333. The number of carbonyl (C=O) groups is 2. The number of likely N-dealkylation sites (tertiary alicyclic amines) is 1. The summed E-state index contributed by atoms with van der Waals surface area (Å²) < 4.78 is 26.6. The lowest BCUT2D eigenvalue weighted by Crippen LogP contribution is -2.55. The number of hydrogen-bond donors (Lipinski definition) is 3. The van der Waals surface area contributed by atoms with Gasteiger partial charge in [-0.05, 0) is 48.7 Å². The van der Waals surface area contributed by atoms with Crippen molar-refractivity contribution in [3.63, 3.8) is 0 Å². The van der Waals surface area contributed by atoms with Gasteiger partial charge in [-0.15, -0.1) is 0 Å². The minimum absolute atomic E-state index is 0.0806. The zero-order valence-corrected chi connectivity index (χ0v) is 15.8. The van der Waals surface area contributed by atoms with E-state index in [1.807, 2.05) is 0 Å². The van der Waals surface area contributed by atoms with Gasteiger partial charge < -0.3 is 21.3 Å². The molecule has 2 aromatic rings. The molecule has 0 aromatic heterocycles. The highest BCUT2D eigenvalue weighted by molar-refractivity contribution is 6.04. The number of nitrogens with one attached hydrogen (secondary N) is 2. The molecule has 152 valence electrons.